The van der Waals surface area contributed by atoms with Gasteiger partial charge in [-0.05, 0) is 30.3 Å². The SMILES string of the molecule is COc1ccc(-c2nc(COC(=O)Cn3cnc4c(oc5ccccc54)c3=O)cs2)cc1OC. The summed E-state index contributed by atoms with van der Waals surface area (Å²) < 4.78 is 22.7. The zero-order valence-electron chi connectivity index (χ0n) is 18.3. The molecule has 3 aromatic heterocycles. The van der Waals surface area contributed by atoms with Crippen LogP contribution in [0.2, 0.25) is 0 Å². The number of hydrogen-bond acceptors (Lipinski definition) is 9. The van der Waals surface area contributed by atoms with Crippen LogP contribution in [0.5, 0.6) is 11.5 Å². The molecule has 9 nitrogen and oxygen atoms in total. The largest absolute Gasteiger partial charge is 0.493 e. The summed E-state index contributed by atoms with van der Waals surface area (Å²) in [6.07, 6.45) is 1.33. The number of carbonyl (C=O) groups excluding carboxylic acids is 1. The van der Waals surface area contributed by atoms with Crippen LogP contribution in [0.15, 0.2) is 63.4 Å². The summed E-state index contributed by atoms with van der Waals surface area (Å²) in [5.74, 6) is 0.645. The first kappa shape index (κ1) is 21.7. The van der Waals surface area contributed by atoms with Crippen molar-refractivity contribution in [2.24, 2.45) is 0 Å². The number of para-hydroxylation sites is 1. The number of thiazole rings is 1. The molecule has 0 aliphatic carbocycles. The molecule has 5 aromatic rings. The average molecular weight is 477 g/mol. The van der Waals surface area contributed by atoms with Crippen molar-refractivity contribution in [3.8, 4) is 22.1 Å². The normalized spacial score (nSPS) is 11.1. The number of esters is 1. The summed E-state index contributed by atoms with van der Waals surface area (Å²) in [6, 6.07) is 12.8. The van der Waals surface area contributed by atoms with Gasteiger partial charge in [0.2, 0.25) is 5.58 Å². The number of furan rings is 1. The first-order valence-corrected chi connectivity index (χ1v) is 11.1. The lowest BCUT2D eigenvalue weighted by atomic mass is 10.2. The lowest BCUT2D eigenvalue weighted by molar-refractivity contribution is -0.145. The van der Waals surface area contributed by atoms with Gasteiger partial charge in [-0.15, -0.1) is 11.3 Å². The molecule has 3 heterocycles. The summed E-state index contributed by atoms with van der Waals surface area (Å²) in [7, 11) is 3.15. The van der Waals surface area contributed by atoms with E-state index >= 15 is 0 Å². The van der Waals surface area contributed by atoms with E-state index in [1.54, 1.807) is 26.4 Å². The molecule has 0 aliphatic heterocycles. The van der Waals surface area contributed by atoms with Gasteiger partial charge in [-0.3, -0.25) is 14.2 Å². The predicted octanol–water partition coefficient (Wildman–Crippen LogP) is 4.03. The number of methoxy groups -OCH3 is 2. The Bertz CT molecular complexity index is 1570. The quantitative estimate of drug-likeness (QED) is 0.324. The highest BCUT2D eigenvalue weighted by Gasteiger charge is 2.16. The Balaban J connectivity index is 1.27. The third-order valence-corrected chi connectivity index (χ3v) is 6.15. The Hall–Kier alpha value is -4.18. The Morgan fingerprint density at radius 3 is 2.76 bits per heavy atom. The van der Waals surface area contributed by atoms with Crippen molar-refractivity contribution in [3.05, 3.63) is 70.2 Å². The lowest BCUT2D eigenvalue weighted by Crippen LogP contribution is -2.25. The van der Waals surface area contributed by atoms with Gasteiger partial charge in [0, 0.05) is 16.3 Å². The molecule has 0 radical (unpaired) electrons. The molecule has 0 amide bonds. The van der Waals surface area contributed by atoms with E-state index in [4.69, 9.17) is 18.6 Å². The Labute approximate surface area is 197 Å². The monoisotopic (exact) mass is 477 g/mol. The van der Waals surface area contributed by atoms with Gasteiger partial charge in [0.15, 0.2) is 11.5 Å². The highest BCUT2D eigenvalue weighted by Crippen LogP contribution is 2.33. The number of benzene rings is 2. The maximum absolute atomic E-state index is 12.8. The van der Waals surface area contributed by atoms with Gasteiger partial charge in [0.1, 0.15) is 29.3 Å². The van der Waals surface area contributed by atoms with E-state index in [1.165, 1.54) is 22.2 Å². The highest BCUT2D eigenvalue weighted by molar-refractivity contribution is 7.13. The minimum atomic E-state index is -0.583. The summed E-state index contributed by atoms with van der Waals surface area (Å²) in [5, 5.41) is 3.31. The van der Waals surface area contributed by atoms with Crippen molar-refractivity contribution in [2.75, 3.05) is 14.2 Å². The summed E-state index contributed by atoms with van der Waals surface area (Å²) in [4.78, 5) is 34.0. The van der Waals surface area contributed by atoms with Crippen LogP contribution in [-0.2, 0) is 22.7 Å². The van der Waals surface area contributed by atoms with Gasteiger partial charge in [0.25, 0.3) is 5.56 Å². The molecule has 0 N–H and O–H groups in total. The highest BCUT2D eigenvalue weighted by atomic mass is 32.1. The van der Waals surface area contributed by atoms with Crippen LogP contribution < -0.4 is 15.0 Å². The maximum atomic E-state index is 12.8. The first-order chi connectivity index (χ1) is 16.6. The van der Waals surface area contributed by atoms with Crippen molar-refractivity contribution >= 4 is 39.4 Å². The zero-order chi connectivity index (χ0) is 23.7. The fraction of sp³-hybridized carbons (Fsp3) is 0.167. The number of carbonyl (C=O) groups is 1. The Morgan fingerprint density at radius 2 is 1.94 bits per heavy atom. The summed E-state index contributed by atoms with van der Waals surface area (Å²) in [6.45, 7) is -0.302. The van der Waals surface area contributed by atoms with Gasteiger partial charge < -0.3 is 18.6 Å². The standard InChI is InChI=1S/C24H19N3O6S/c1-30-18-8-7-14(9-19(18)31-2)23-26-15(12-34-23)11-32-20(28)10-27-13-25-21-16-5-3-4-6-17(16)33-22(21)24(27)29/h3-9,12-13H,10-11H2,1-2H3. The second kappa shape index (κ2) is 8.99. The first-order valence-electron chi connectivity index (χ1n) is 10.3. The molecule has 10 heteroatoms. The Morgan fingerprint density at radius 1 is 1.12 bits per heavy atom. The molecular weight excluding hydrogens is 458 g/mol. The predicted molar refractivity (Wildman–Crippen MR) is 126 cm³/mol. The van der Waals surface area contributed by atoms with Crippen molar-refractivity contribution < 1.29 is 23.4 Å². The molecule has 0 bridgehead atoms. The summed E-state index contributed by atoms with van der Waals surface area (Å²) in [5.41, 5.74) is 2.16. The number of rotatable bonds is 7. The van der Waals surface area contributed by atoms with Crippen molar-refractivity contribution in [3.63, 3.8) is 0 Å². The third kappa shape index (κ3) is 3.99. The van der Waals surface area contributed by atoms with Crippen LogP contribution in [0.25, 0.3) is 32.6 Å². The van der Waals surface area contributed by atoms with Crippen LogP contribution in [0.1, 0.15) is 5.69 Å². The topological polar surface area (TPSA) is 106 Å². The maximum Gasteiger partial charge on any atom is 0.326 e. The van der Waals surface area contributed by atoms with Crippen molar-refractivity contribution in [1.29, 1.82) is 0 Å². The van der Waals surface area contributed by atoms with E-state index in [2.05, 4.69) is 9.97 Å². The molecule has 0 saturated heterocycles. The summed E-state index contributed by atoms with van der Waals surface area (Å²) >= 11 is 1.42. The van der Waals surface area contributed by atoms with Crippen LogP contribution in [0.4, 0.5) is 0 Å². The minimum absolute atomic E-state index is 0.0162. The third-order valence-electron chi connectivity index (χ3n) is 5.21. The molecule has 5 rings (SSSR count). The fourth-order valence-electron chi connectivity index (χ4n) is 3.54. The lowest BCUT2D eigenvalue weighted by Gasteiger charge is -2.08. The van der Waals surface area contributed by atoms with E-state index in [0.29, 0.717) is 28.3 Å². The van der Waals surface area contributed by atoms with Crippen molar-refractivity contribution in [2.45, 2.75) is 13.2 Å². The molecule has 0 saturated carbocycles. The minimum Gasteiger partial charge on any atom is -0.493 e. The molecule has 0 fully saturated rings. The van der Waals surface area contributed by atoms with Crippen LogP contribution in [-0.4, -0.2) is 34.7 Å². The van der Waals surface area contributed by atoms with E-state index in [-0.39, 0.29) is 18.7 Å². The van der Waals surface area contributed by atoms with E-state index in [0.717, 1.165) is 16.0 Å². The molecule has 0 atom stereocenters. The number of hydrogen-bond donors (Lipinski definition) is 0. The Kier molecular flexibility index (Phi) is 5.72. The van der Waals surface area contributed by atoms with Gasteiger partial charge in [-0.2, -0.15) is 0 Å². The second-order valence-corrected chi connectivity index (χ2v) is 8.19. The van der Waals surface area contributed by atoms with E-state index < -0.39 is 11.5 Å². The van der Waals surface area contributed by atoms with E-state index in [1.807, 2.05) is 35.7 Å². The molecule has 0 aliphatic rings. The second-order valence-electron chi connectivity index (χ2n) is 7.33. The van der Waals surface area contributed by atoms with Gasteiger partial charge in [-0.25, -0.2) is 9.97 Å². The number of ether oxygens (including phenoxy) is 3. The molecular formula is C24H19N3O6S. The number of aromatic nitrogens is 3. The van der Waals surface area contributed by atoms with Crippen LogP contribution in [0.3, 0.4) is 0 Å². The van der Waals surface area contributed by atoms with Gasteiger partial charge in [-0.1, -0.05) is 12.1 Å². The number of nitrogens with zero attached hydrogens (tertiary/aromatic N) is 3. The average Bonchev–Trinajstić information content (AvgIpc) is 3.49. The molecule has 172 valence electrons. The van der Waals surface area contributed by atoms with Crippen LogP contribution in [0, 0.1) is 0 Å². The molecule has 0 unspecified atom stereocenters. The fourth-order valence-corrected chi connectivity index (χ4v) is 4.34. The zero-order valence-corrected chi connectivity index (χ0v) is 19.1. The smallest absolute Gasteiger partial charge is 0.326 e. The molecule has 0 spiro atoms. The molecule has 2 aromatic carbocycles. The van der Waals surface area contributed by atoms with Gasteiger partial charge >= 0.3 is 5.97 Å². The van der Waals surface area contributed by atoms with E-state index in [9.17, 15) is 9.59 Å². The van der Waals surface area contributed by atoms with Crippen LogP contribution >= 0.6 is 11.3 Å². The van der Waals surface area contributed by atoms with Gasteiger partial charge in [0.05, 0.1) is 26.2 Å². The molecule has 34 heavy (non-hydrogen) atoms. The van der Waals surface area contributed by atoms with Crippen molar-refractivity contribution in [1.82, 2.24) is 14.5 Å². The number of fused-ring (bicyclic) bond motifs is 3.